The number of piperidine rings is 1. The number of tetrazole rings is 1. The van der Waals surface area contributed by atoms with Crippen molar-refractivity contribution in [1.29, 1.82) is 0 Å². The summed E-state index contributed by atoms with van der Waals surface area (Å²) in [7, 11) is 0. The third-order valence-electron chi connectivity index (χ3n) is 5.12. The Balaban J connectivity index is 1.57. The standard InChI is InChI=1S/C20H20F3N5/c21-20(22,23)16-11-9-15(10-12-16)18-8-4-5-13-27(18)14-19-24-25-26-28(19)17-6-2-1-3-7-17/h1-3,6-7,9-12,18H,4-5,8,13-14H2. The van der Waals surface area contributed by atoms with Crippen LogP contribution in [0.5, 0.6) is 0 Å². The SMILES string of the molecule is FC(F)(F)c1ccc(C2CCCCN2Cc2nnnn2-c2ccccc2)cc1. The van der Waals surface area contributed by atoms with Crippen molar-refractivity contribution in [1.82, 2.24) is 25.1 Å². The summed E-state index contributed by atoms with van der Waals surface area (Å²) in [4.78, 5) is 2.25. The number of rotatable bonds is 4. The molecule has 0 amide bonds. The molecule has 1 aliphatic rings. The van der Waals surface area contributed by atoms with Crippen LogP contribution in [0.4, 0.5) is 13.2 Å². The predicted octanol–water partition coefficient (Wildman–Crippen LogP) is 4.41. The molecular formula is C20H20F3N5. The minimum Gasteiger partial charge on any atom is -0.289 e. The summed E-state index contributed by atoms with van der Waals surface area (Å²) in [6, 6.07) is 15.2. The molecule has 1 atom stereocenters. The molecule has 2 aromatic carbocycles. The number of hydrogen-bond donors (Lipinski definition) is 0. The van der Waals surface area contributed by atoms with Gasteiger partial charge in [0.25, 0.3) is 0 Å². The van der Waals surface area contributed by atoms with Crippen molar-refractivity contribution in [3.63, 3.8) is 0 Å². The van der Waals surface area contributed by atoms with Gasteiger partial charge in [-0.1, -0.05) is 36.8 Å². The zero-order valence-corrected chi connectivity index (χ0v) is 15.2. The number of aromatic nitrogens is 4. The molecule has 146 valence electrons. The molecule has 0 saturated carbocycles. The number of likely N-dealkylation sites (tertiary alicyclic amines) is 1. The molecule has 0 N–H and O–H groups in total. The maximum absolute atomic E-state index is 12.9. The Labute approximate surface area is 160 Å². The first-order chi connectivity index (χ1) is 13.5. The average molecular weight is 387 g/mol. The topological polar surface area (TPSA) is 46.8 Å². The first kappa shape index (κ1) is 18.6. The van der Waals surface area contributed by atoms with Crippen molar-refractivity contribution in [2.75, 3.05) is 6.54 Å². The highest BCUT2D eigenvalue weighted by Gasteiger charge is 2.31. The summed E-state index contributed by atoms with van der Waals surface area (Å²) in [5, 5.41) is 12.1. The summed E-state index contributed by atoms with van der Waals surface area (Å²) in [6.45, 7) is 1.39. The maximum Gasteiger partial charge on any atom is 0.416 e. The van der Waals surface area contributed by atoms with E-state index in [1.54, 1.807) is 16.8 Å². The molecule has 1 aliphatic heterocycles. The van der Waals surface area contributed by atoms with Crippen molar-refractivity contribution < 1.29 is 13.2 Å². The molecule has 28 heavy (non-hydrogen) atoms. The number of hydrogen-bond acceptors (Lipinski definition) is 4. The largest absolute Gasteiger partial charge is 0.416 e. The third kappa shape index (κ3) is 3.91. The van der Waals surface area contributed by atoms with E-state index in [2.05, 4.69) is 20.4 Å². The van der Waals surface area contributed by atoms with Gasteiger partial charge in [-0.2, -0.15) is 17.9 Å². The van der Waals surface area contributed by atoms with Crippen molar-refractivity contribution in [3.05, 3.63) is 71.5 Å². The molecule has 0 radical (unpaired) electrons. The molecule has 1 unspecified atom stereocenters. The summed E-state index contributed by atoms with van der Waals surface area (Å²) >= 11 is 0. The fourth-order valence-corrected chi connectivity index (χ4v) is 3.71. The van der Waals surface area contributed by atoms with Gasteiger partial charge in [-0.25, -0.2) is 0 Å². The highest BCUT2D eigenvalue weighted by atomic mass is 19.4. The molecule has 2 heterocycles. The summed E-state index contributed by atoms with van der Waals surface area (Å²) in [6.07, 6.45) is -1.32. The predicted molar refractivity (Wildman–Crippen MR) is 97.6 cm³/mol. The summed E-state index contributed by atoms with van der Waals surface area (Å²) < 4.78 is 40.3. The Morgan fingerprint density at radius 3 is 2.43 bits per heavy atom. The summed E-state index contributed by atoms with van der Waals surface area (Å²) in [5.41, 5.74) is 1.16. The Morgan fingerprint density at radius 1 is 0.964 bits per heavy atom. The molecule has 8 heteroatoms. The van der Waals surface area contributed by atoms with Crippen LogP contribution in [0.2, 0.25) is 0 Å². The first-order valence-corrected chi connectivity index (χ1v) is 9.26. The van der Waals surface area contributed by atoms with Gasteiger partial charge in [0, 0.05) is 6.04 Å². The molecule has 4 rings (SSSR count). The minimum atomic E-state index is -4.32. The lowest BCUT2D eigenvalue weighted by Gasteiger charge is -2.35. The van der Waals surface area contributed by atoms with E-state index in [-0.39, 0.29) is 6.04 Å². The van der Waals surface area contributed by atoms with Crippen LogP contribution in [0.3, 0.4) is 0 Å². The van der Waals surface area contributed by atoms with Crippen LogP contribution in [-0.2, 0) is 12.7 Å². The monoisotopic (exact) mass is 387 g/mol. The lowest BCUT2D eigenvalue weighted by Crippen LogP contribution is -2.34. The van der Waals surface area contributed by atoms with Gasteiger partial charge >= 0.3 is 6.18 Å². The molecule has 3 aromatic rings. The van der Waals surface area contributed by atoms with Gasteiger partial charge in [0.05, 0.1) is 17.8 Å². The Kier molecular flexibility index (Phi) is 5.13. The van der Waals surface area contributed by atoms with Crippen LogP contribution in [0.15, 0.2) is 54.6 Å². The molecule has 0 spiro atoms. The van der Waals surface area contributed by atoms with E-state index < -0.39 is 11.7 Å². The average Bonchev–Trinajstić information content (AvgIpc) is 3.17. The van der Waals surface area contributed by atoms with Crippen molar-refractivity contribution in [2.45, 2.75) is 38.0 Å². The van der Waals surface area contributed by atoms with Crippen LogP contribution < -0.4 is 0 Å². The second-order valence-electron chi connectivity index (χ2n) is 6.94. The molecule has 5 nitrogen and oxygen atoms in total. The molecule has 0 bridgehead atoms. The Morgan fingerprint density at radius 2 is 1.71 bits per heavy atom. The normalized spacial score (nSPS) is 18.3. The van der Waals surface area contributed by atoms with E-state index in [1.165, 1.54) is 0 Å². The van der Waals surface area contributed by atoms with E-state index in [0.717, 1.165) is 49.2 Å². The molecule has 1 fully saturated rings. The third-order valence-corrected chi connectivity index (χ3v) is 5.12. The zero-order valence-electron chi connectivity index (χ0n) is 15.2. The van der Waals surface area contributed by atoms with Crippen LogP contribution in [0.25, 0.3) is 5.69 Å². The van der Waals surface area contributed by atoms with Gasteiger partial charge in [-0.05, 0) is 59.6 Å². The van der Waals surface area contributed by atoms with E-state index >= 15 is 0 Å². The lowest BCUT2D eigenvalue weighted by atomic mass is 9.94. The number of benzene rings is 2. The number of para-hydroxylation sites is 1. The quantitative estimate of drug-likeness (QED) is 0.665. The fourth-order valence-electron chi connectivity index (χ4n) is 3.71. The number of halogens is 3. The van der Waals surface area contributed by atoms with Gasteiger partial charge < -0.3 is 0 Å². The van der Waals surface area contributed by atoms with Crippen molar-refractivity contribution in [2.24, 2.45) is 0 Å². The van der Waals surface area contributed by atoms with E-state index in [9.17, 15) is 13.2 Å². The highest BCUT2D eigenvalue weighted by molar-refractivity contribution is 5.31. The van der Waals surface area contributed by atoms with E-state index in [1.807, 2.05) is 30.3 Å². The zero-order chi connectivity index (χ0) is 19.6. The van der Waals surface area contributed by atoms with Gasteiger partial charge in [-0.3, -0.25) is 4.90 Å². The van der Waals surface area contributed by atoms with Crippen LogP contribution in [-0.4, -0.2) is 31.7 Å². The minimum absolute atomic E-state index is 0.0527. The van der Waals surface area contributed by atoms with Crippen LogP contribution in [0.1, 0.15) is 42.3 Å². The second-order valence-corrected chi connectivity index (χ2v) is 6.94. The summed E-state index contributed by atoms with van der Waals surface area (Å²) in [5.74, 6) is 0.713. The van der Waals surface area contributed by atoms with Crippen LogP contribution >= 0.6 is 0 Å². The number of alkyl halides is 3. The van der Waals surface area contributed by atoms with Gasteiger partial charge in [0.2, 0.25) is 0 Å². The number of nitrogens with zero attached hydrogens (tertiary/aromatic N) is 5. The van der Waals surface area contributed by atoms with Gasteiger partial charge in [0.15, 0.2) is 5.82 Å². The van der Waals surface area contributed by atoms with Crippen LogP contribution in [0, 0.1) is 0 Å². The Hall–Kier alpha value is -2.74. The van der Waals surface area contributed by atoms with E-state index in [0.29, 0.717) is 12.4 Å². The van der Waals surface area contributed by atoms with Crippen molar-refractivity contribution >= 4 is 0 Å². The highest BCUT2D eigenvalue weighted by Crippen LogP contribution is 2.34. The lowest BCUT2D eigenvalue weighted by molar-refractivity contribution is -0.137. The smallest absolute Gasteiger partial charge is 0.289 e. The first-order valence-electron chi connectivity index (χ1n) is 9.26. The van der Waals surface area contributed by atoms with Crippen molar-refractivity contribution in [3.8, 4) is 5.69 Å². The molecule has 0 aliphatic carbocycles. The fraction of sp³-hybridized carbons (Fsp3) is 0.350. The molecular weight excluding hydrogens is 367 g/mol. The second kappa shape index (κ2) is 7.71. The molecule has 1 saturated heterocycles. The van der Waals surface area contributed by atoms with E-state index in [4.69, 9.17) is 0 Å². The maximum atomic E-state index is 12.9. The van der Waals surface area contributed by atoms with Gasteiger partial charge in [0.1, 0.15) is 0 Å². The molecule has 1 aromatic heterocycles. The Bertz CT molecular complexity index is 906. The van der Waals surface area contributed by atoms with Gasteiger partial charge in [-0.15, -0.1) is 5.10 Å².